The van der Waals surface area contributed by atoms with Crippen LogP contribution in [0.4, 0.5) is 11.5 Å². The number of hydrogen-bond donors (Lipinski definition) is 2. The maximum absolute atomic E-state index is 12.7. The molecule has 25 heavy (non-hydrogen) atoms. The van der Waals surface area contributed by atoms with E-state index in [-0.39, 0.29) is 5.91 Å². The Morgan fingerprint density at radius 2 is 2.16 bits per heavy atom. The van der Waals surface area contributed by atoms with Crippen LogP contribution in [0.25, 0.3) is 0 Å². The van der Waals surface area contributed by atoms with E-state index < -0.39 is 21.4 Å². The monoisotopic (exact) mass is 444 g/mol. The minimum atomic E-state index is -2.13. The fraction of sp³-hybridized carbons (Fsp3) is 0.444. The van der Waals surface area contributed by atoms with Gasteiger partial charge < -0.3 is 0 Å². The summed E-state index contributed by atoms with van der Waals surface area (Å²) in [6.45, 7) is 8.65. The van der Waals surface area contributed by atoms with E-state index >= 15 is 0 Å². The Morgan fingerprint density at radius 1 is 1.36 bits per heavy atom. The molecular weight excluding hydrogens is 419 g/mol. The molecule has 0 radical (unpaired) electrons. The molecule has 0 bridgehead atoms. The second kappa shape index (κ2) is 8.76. The number of anilines is 2. The van der Waals surface area contributed by atoms with Crippen molar-refractivity contribution in [1.82, 2.24) is 10.3 Å². The first-order valence-corrected chi connectivity index (χ1v) is 14.9. The average molecular weight is 444 g/mol. The van der Waals surface area contributed by atoms with Gasteiger partial charge in [-0.3, -0.25) is 0 Å². The van der Waals surface area contributed by atoms with Gasteiger partial charge in [0, 0.05) is 0 Å². The summed E-state index contributed by atoms with van der Waals surface area (Å²) in [6.07, 6.45) is 3.68. The van der Waals surface area contributed by atoms with Crippen molar-refractivity contribution in [2.75, 3.05) is 43.0 Å². The van der Waals surface area contributed by atoms with Crippen molar-refractivity contribution in [3.8, 4) is 0 Å². The Bertz CT molecular complexity index is 666. The molecule has 2 aliphatic rings. The normalized spacial score (nSPS) is 17.2. The first kappa shape index (κ1) is 18.3. The summed E-state index contributed by atoms with van der Waals surface area (Å²) in [4.78, 5) is 19.4. The van der Waals surface area contributed by atoms with Crippen LogP contribution in [-0.4, -0.2) is 65.1 Å². The molecule has 6 nitrogen and oxygen atoms in total. The van der Waals surface area contributed by atoms with Crippen LogP contribution in [0.1, 0.15) is 13.8 Å². The quantitative estimate of drug-likeness (QED) is 0.702. The number of carbonyl (C=O) groups is 1. The molecule has 1 aromatic heterocycles. The van der Waals surface area contributed by atoms with Crippen LogP contribution in [-0.2, 0) is 9.53 Å². The zero-order valence-corrected chi connectivity index (χ0v) is 18.2. The Kier molecular flexibility index (Phi) is 6.42. The number of nitrogens with zero attached hydrogens (tertiary/aromatic N) is 2. The second-order valence-electron chi connectivity index (χ2n) is 6.21. The molecule has 0 spiro atoms. The standard InChI is InChI=1S/C16H20N4O2.C2H5.In/c1-3-22-13(2)4-7-16(21)19-14-5-6-15(18-12-14)20-10-8-17-9-11-20;1-2;/h2,4-6,12,17H,3,8-11H2,1H3,(H,19,21);1H2,2H3;. The van der Waals surface area contributed by atoms with Crippen molar-refractivity contribution < 1.29 is 9.53 Å². The van der Waals surface area contributed by atoms with Gasteiger partial charge in [-0.05, 0) is 0 Å². The van der Waals surface area contributed by atoms with Gasteiger partial charge in [-0.15, -0.1) is 0 Å². The molecule has 1 amide bonds. The van der Waals surface area contributed by atoms with Crippen molar-refractivity contribution in [1.29, 1.82) is 0 Å². The van der Waals surface area contributed by atoms with Gasteiger partial charge in [-0.2, -0.15) is 0 Å². The number of aromatic nitrogens is 1. The first-order chi connectivity index (χ1) is 12.2. The summed E-state index contributed by atoms with van der Waals surface area (Å²) in [7, 11) is 0. The van der Waals surface area contributed by atoms with Crippen LogP contribution < -0.4 is 15.5 Å². The van der Waals surface area contributed by atoms with E-state index in [4.69, 9.17) is 4.74 Å². The summed E-state index contributed by atoms with van der Waals surface area (Å²) in [5.41, 5.74) is 0.746. The molecule has 7 heteroatoms. The van der Waals surface area contributed by atoms with Crippen molar-refractivity contribution in [2.45, 2.75) is 18.0 Å². The van der Waals surface area contributed by atoms with Crippen molar-refractivity contribution in [2.24, 2.45) is 0 Å². The van der Waals surface area contributed by atoms with E-state index in [9.17, 15) is 4.79 Å². The van der Waals surface area contributed by atoms with Gasteiger partial charge in [-0.1, -0.05) is 0 Å². The Balaban J connectivity index is 1.63. The van der Waals surface area contributed by atoms with Gasteiger partial charge in [0.15, 0.2) is 0 Å². The molecule has 3 rings (SSSR count). The number of piperazine rings is 1. The summed E-state index contributed by atoms with van der Waals surface area (Å²) >= 11 is -2.13. The van der Waals surface area contributed by atoms with E-state index in [1.807, 2.05) is 25.1 Å². The molecule has 0 unspecified atom stereocenters. The Hall–Kier alpha value is -1.47. The van der Waals surface area contributed by atoms with Gasteiger partial charge in [0.1, 0.15) is 0 Å². The molecule has 0 aliphatic carbocycles. The summed E-state index contributed by atoms with van der Waals surface area (Å²) in [6, 6.07) is 3.92. The Morgan fingerprint density at radius 3 is 2.80 bits per heavy atom. The minimum absolute atomic E-state index is 0.00493. The van der Waals surface area contributed by atoms with E-state index in [1.54, 1.807) is 6.20 Å². The molecule has 0 atom stereocenters. The molecule has 0 aromatic carbocycles. The van der Waals surface area contributed by atoms with E-state index in [0.29, 0.717) is 6.61 Å². The number of pyridine rings is 1. The third-order valence-electron chi connectivity index (χ3n) is 4.52. The maximum atomic E-state index is 12.7. The molecule has 2 aliphatic heterocycles. The third kappa shape index (κ3) is 4.58. The Labute approximate surface area is 156 Å². The predicted octanol–water partition coefficient (Wildman–Crippen LogP) is 1.88. The molecule has 132 valence electrons. The number of carbonyl (C=O) groups excluding carboxylic acids is 1. The number of allylic oxidation sites excluding steroid dienone is 1. The van der Waals surface area contributed by atoms with Crippen LogP contribution >= 0.6 is 0 Å². The molecule has 1 saturated heterocycles. The molecule has 2 N–H and O–H groups in total. The number of nitrogens with one attached hydrogen (secondary N) is 2. The molecule has 1 fully saturated rings. The van der Waals surface area contributed by atoms with Gasteiger partial charge in [-0.25, -0.2) is 0 Å². The molecule has 3 heterocycles. The van der Waals surface area contributed by atoms with E-state index in [2.05, 4.69) is 31.3 Å². The van der Waals surface area contributed by atoms with E-state index in [0.717, 1.165) is 51.0 Å². The van der Waals surface area contributed by atoms with Crippen LogP contribution in [0.3, 0.4) is 0 Å². The zero-order valence-electron chi connectivity index (χ0n) is 14.9. The van der Waals surface area contributed by atoms with Gasteiger partial charge in [0.25, 0.3) is 0 Å². The van der Waals surface area contributed by atoms with Gasteiger partial charge in [0.05, 0.1) is 0 Å². The summed E-state index contributed by atoms with van der Waals surface area (Å²) < 4.78 is 9.85. The molecular formula is C18H25InN4O2. The predicted molar refractivity (Wildman–Crippen MR) is 102 cm³/mol. The van der Waals surface area contributed by atoms with Gasteiger partial charge in [0.2, 0.25) is 0 Å². The third-order valence-corrected chi connectivity index (χ3v) is 12.6. The van der Waals surface area contributed by atoms with Crippen molar-refractivity contribution >= 4 is 38.9 Å². The second-order valence-corrected chi connectivity index (χ2v) is 14.7. The van der Waals surface area contributed by atoms with Crippen molar-refractivity contribution in [3.63, 3.8) is 0 Å². The fourth-order valence-electron chi connectivity index (χ4n) is 3.17. The van der Waals surface area contributed by atoms with Crippen LogP contribution in [0, 0.1) is 0 Å². The first-order valence-electron chi connectivity index (χ1n) is 9.00. The zero-order chi connectivity index (χ0) is 17.6. The van der Waals surface area contributed by atoms with Gasteiger partial charge >= 0.3 is 157 Å². The number of ether oxygens (including phenoxy) is 1. The fourth-order valence-corrected chi connectivity index (χ4v) is 9.54. The van der Waals surface area contributed by atoms with Crippen LogP contribution in [0.5, 0.6) is 0 Å². The molecule has 0 saturated carbocycles. The van der Waals surface area contributed by atoms with Crippen LogP contribution in [0.2, 0.25) is 4.18 Å². The number of amides is 1. The average Bonchev–Trinajstić information content (AvgIpc) is 3.07. The summed E-state index contributed by atoms with van der Waals surface area (Å²) in [5, 5.41) is 6.34. The SMILES string of the molecule is CCOC1=[CH][In]([CH2]C)[C](C(=O)Nc2ccc(N3CCNCC3)nc2)=C1. The number of rotatable bonds is 6. The summed E-state index contributed by atoms with van der Waals surface area (Å²) in [5.74, 6) is 1.85. The van der Waals surface area contributed by atoms with Crippen LogP contribution in [0.15, 0.2) is 37.3 Å². The van der Waals surface area contributed by atoms with Crippen molar-refractivity contribution in [3.05, 3.63) is 37.3 Å². The molecule has 1 aromatic rings. The topological polar surface area (TPSA) is 66.5 Å². The van der Waals surface area contributed by atoms with E-state index in [1.165, 1.54) is 0 Å². The number of hydrogen-bond acceptors (Lipinski definition) is 5.